The second-order valence-electron chi connectivity index (χ2n) is 7.31. The number of para-hydroxylation sites is 1. The first-order valence-electron chi connectivity index (χ1n) is 9.84. The van der Waals surface area contributed by atoms with Crippen LogP contribution in [0.5, 0.6) is 0 Å². The summed E-state index contributed by atoms with van der Waals surface area (Å²) in [5.74, 6) is -0.490. The van der Waals surface area contributed by atoms with E-state index in [9.17, 15) is 22.0 Å². The summed E-state index contributed by atoms with van der Waals surface area (Å²) in [7, 11) is -3.93. The SMILES string of the molecule is CS(=O)(=O)N(Cc1ccc(F)cc1)n1c(SCc2ccc(F)cc2)nc2ccccc2c1=O. The first-order chi connectivity index (χ1) is 15.7. The van der Waals surface area contributed by atoms with E-state index in [1.165, 1.54) is 36.4 Å². The van der Waals surface area contributed by atoms with Crippen molar-refractivity contribution < 1.29 is 17.2 Å². The number of nitrogens with zero attached hydrogens (tertiary/aromatic N) is 3. The fourth-order valence-electron chi connectivity index (χ4n) is 3.20. The number of halogens is 2. The smallest absolute Gasteiger partial charge is 0.267 e. The molecule has 0 fully saturated rings. The topological polar surface area (TPSA) is 72.3 Å². The molecule has 3 aromatic carbocycles. The largest absolute Gasteiger partial charge is 0.281 e. The zero-order valence-corrected chi connectivity index (χ0v) is 19.1. The van der Waals surface area contributed by atoms with Crippen LogP contribution in [0.1, 0.15) is 11.1 Å². The Morgan fingerprint density at radius 2 is 1.48 bits per heavy atom. The number of sulfonamides is 1. The molecule has 0 aliphatic carbocycles. The molecule has 0 radical (unpaired) electrons. The van der Waals surface area contributed by atoms with Crippen molar-refractivity contribution in [3.05, 3.63) is 106 Å². The molecule has 0 saturated heterocycles. The third-order valence-electron chi connectivity index (χ3n) is 4.84. The van der Waals surface area contributed by atoms with Crippen LogP contribution < -0.4 is 9.97 Å². The van der Waals surface area contributed by atoms with Crippen LogP contribution in [0.15, 0.2) is 82.7 Å². The molecule has 1 aromatic heterocycles. The van der Waals surface area contributed by atoms with E-state index >= 15 is 0 Å². The maximum Gasteiger partial charge on any atom is 0.281 e. The highest BCUT2D eigenvalue weighted by molar-refractivity contribution is 7.98. The van der Waals surface area contributed by atoms with Gasteiger partial charge in [0.05, 0.1) is 23.7 Å². The van der Waals surface area contributed by atoms with Gasteiger partial charge in [-0.1, -0.05) is 48.2 Å². The van der Waals surface area contributed by atoms with Crippen LogP contribution >= 0.6 is 11.8 Å². The Hall–Kier alpha value is -3.24. The molecule has 0 atom stereocenters. The predicted molar refractivity (Wildman–Crippen MR) is 125 cm³/mol. The Balaban J connectivity index is 1.83. The predicted octanol–water partition coefficient (Wildman–Crippen LogP) is 4.06. The van der Waals surface area contributed by atoms with E-state index in [4.69, 9.17) is 0 Å². The van der Waals surface area contributed by atoms with Crippen molar-refractivity contribution in [1.82, 2.24) is 9.66 Å². The Labute approximate surface area is 193 Å². The Morgan fingerprint density at radius 3 is 2.09 bits per heavy atom. The van der Waals surface area contributed by atoms with Gasteiger partial charge in [-0.2, -0.15) is 9.09 Å². The zero-order valence-electron chi connectivity index (χ0n) is 17.5. The molecule has 0 amide bonds. The minimum Gasteiger partial charge on any atom is -0.267 e. The lowest BCUT2D eigenvalue weighted by Crippen LogP contribution is -2.46. The van der Waals surface area contributed by atoms with Gasteiger partial charge in [-0.15, -0.1) is 0 Å². The van der Waals surface area contributed by atoms with Gasteiger partial charge < -0.3 is 0 Å². The molecule has 0 spiro atoms. The van der Waals surface area contributed by atoms with E-state index in [2.05, 4.69) is 4.98 Å². The Morgan fingerprint density at radius 1 is 0.909 bits per heavy atom. The summed E-state index contributed by atoms with van der Waals surface area (Å²) >= 11 is 1.16. The average Bonchev–Trinajstić information content (AvgIpc) is 2.78. The summed E-state index contributed by atoms with van der Waals surface area (Å²) in [6.45, 7) is -0.191. The molecular formula is C23H19F2N3O3S2. The molecule has 0 N–H and O–H groups in total. The van der Waals surface area contributed by atoms with Crippen LogP contribution in [0.4, 0.5) is 8.78 Å². The molecule has 0 aliphatic rings. The van der Waals surface area contributed by atoms with Crippen molar-refractivity contribution in [2.45, 2.75) is 17.5 Å². The maximum atomic E-state index is 13.4. The molecule has 1 heterocycles. The Kier molecular flexibility index (Phi) is 6.48. The van der Waals surface area contributed by atoms with Crippen molar-refractivity contribution in [2.24, 2.45) is 0 Å². The van der Waals surface area contributed by atoms with Gasteiger partial charge in [-0.05, 0) is 47.5 Å². The number of rotatable bonds is 7. The second kappa shape index (κ2) is 9.32. The van der Waals surface area contributed by atoms with Crippen molar-refractivity contribution in [3.8, 4) is 0 Å². The van der Waals surface area contributed by atoms with Crippen molar-refractivity contribution in [2.75, 3.05) is 10.7 Å². The quantitative estimate of drug-likeness (QED) is 0.290. The van der Waals surface area contributed by atoms with Gasteiger partial charge in [0, 0.05) is 5.75 Å². The second-order valence-corrected chi connectivity index (χ2v) is 10.1. The van der Waals surface area contributed by atoms with Gasteiger partial charge in [0.1, 0.15) is 11.6 Å². The third kappa shape index (κ3) is 5.23. The van der Waals surface area contributed by atoms with Crippen LogP contribution in [0.3, 0.4) is 0 Å². The van der Waals surface area contributed by atoms with E-state index in [0.717, 1.165) is 32.7 Å². The molecule has 0 saturated carbocycles. The summed E-state index contributed by atoms with van der Waals surface area (Å²) < 4.78 is 54.1. The third-order valence-corrected chi connectivity index (χ3v) is 6.90. The number of benzene rings is 3. The number of aromatic nitrogens is 2. The highest BCUT2D eigenvalue weighted by Gasteiger charge is 2.24. The Bertz CT molecular complexity index is 1460. The van der Waals surface area contributed by atoms with Gasteiger partial charge in [-0.25, -0.2) is 22.2 Å². The molecule has 4 rings (SSSR count). The summed E-state index contributed by atoms with van der Waals surface area (Å²) in [6, 6.07) is 17.9. The molecular weight excluding hydrogens is 468 g/mol. The summed E-state index contributed by atoms with van der Waals surface area (Å²) in [5.41, 5.74) is 1.15. The van der Waals surface area contributed by atoms with E-state index < -0.39 is 21.4 Å². The maximum absolute atomic E-state index is 13.4. The van der Waals surface area contributed by atoms with Crippen molar-refractivity contribution >= 4 is 32.7 Å². The molecule has 0 aliphatic heterocycles. The number of thioether (sulfide) groups is 1. The first kappa shape index (κ1) is 22.9. The summed E-state index contributed by atoms with van der Waals surface area (Å²) in [5, 5.41) is 0.423. The van der Waals surface area contributed by atoms with Crippen LogP contribution in [-0.2, 0) is 22.3 Å². The van der Waals surface area contributed by atoms with Crippen molar-refractivity contribution in [1.29, 1.82) is 0 Å². The fraction of sp³-hybridized carbons (Fsp3) is 0.130. The molecule has 0 unspecified atom stereocenters. The lowest BCUT2D eigenvalue weighted by Gasteiger charge is -2.26. The zero-order chi connectivity index (χ0) is 23.6. The van der Waals surface area contributed by atoms with Crippen LogP contribution in [-0.4, -0.2) is 24.3 Å². The van der Waals surface area contributed by atoms with Gasteiger partial charge in [-0.3, -0.25) is 4.79 Å². The first-order valence-corrected chi connectivity index (χ1v) is 12.7. The number of fused-ring (bicyclic) bond motifs is 1. The summed E-state index contributed by atoms with van der Waals surface area (Å²) in [6.07, 6.45) is 0.993. The van der Waals surface area contributed by atoms with E-state index in [1.807, 2.05) is 0 Å². The summed E-state index contributed by atoms with van der Waals surface area (Å²) in [4.78, 5) is 18.0. The van der Waals surface area contributed by atoms with Gasteiger partial charge >= 0.3 is 0 Å². The van der Waals surface area contributed by atoms with E-state index in [-0.39, 0.29) is 22.9 Å². The lowest BCUT2D eigenvalue weighted by atomic mass is 10.2. The molecule has 10 heteroatoms. The van der Waals surface area contributed by atoms with Gasteiger partial charge in [0.2, 0.25) is 10.0 Å². The van der Waals surface area contributed by atoms with Crippen molar-refractivity contribution in [3.63, 3.8) is 0 Å². The number of hydrogen-bond acceptors (Lipinski definition) is 5. The molecule has 170 valence electrons. The minimum absolute atomic E-state index is 0.163. The monoisotopic (exact) mass is 487 g/mol. The van der Waals surface area contributed by atoms with E-state index in [0.29, 0.717) is 16.8 Å². The van der Waals surface area contributed by atoms with Crippen LogP contribution in [0, 0.1) is 11.6 Å². The molecule has 33 heavy (non-hydrogen) atoms. The van der Waals surface area contributed by atoms with Gasteiger partial charge in [0.25, 0.3) is 5.56 Å². The van der Waals surface area contributed by atoms with E-state index in [1.54, 1.807) is 36.4 Å². The normalized spacial score (nSPS) is 11.6. The highest BCUT2D eigenvalue weighted by atomic mass is 32.2. The van der Waals surface area contributed by atoms with Crippen LogP contribution in [0.2, 0.25) is 0 Å². The van der Waals surface area contributed by atoms with Crippen LogP contribution in [0.25, 0.3) is 10.9 Å². The average molecular weight is 488 g/mol. The van der Waals surface area contributed by atoms with Gasteiger partial charge in [0.15, 0.2) is 5.16 Å². The molecule has 0 bridgehead atoms. The number of hydrogen-bond donors (Lipinski definition) is 0. The standard InChI is InChI=1S/C23H19F2N3O3S2/c1-33(30,31)27(14-16-6-10-18(24)11-7-16)28-22(29)20-4-2-3-5-21(20)26-23(28)32-15-17-8-12-19(25)13-9-17/h2-13H,14-15H2,1H3. The molecule has 6 nitrogen and oxygen atoms in total. The molecule has 4 aromatic rings. The fourth-order valence-corrected chi connectivity index (χ4v) is 5.04. The highest BCUT2D eigenvalue weighted by Crippen LogP contribution is 2.24. The minimum atomic E-state index is -3.93. The lowest BCUT2D eigenvalue weighted by molar-refractivity contribution is 0.549.